The number of benzene rings is 2. The Morgan fingerprint density at radius 3 is 2.55 bits per heavy atom. The molecule has 2 N–H and O–H groups in total. The van der Waals surface area contributed by atoms with Crippen molar-refractivity contribution in [1.82, 2.24) is 0 Å². The van der Waals surface area contributed by atoms with Crippen LogP contribution in [0.25, 0.3) is 0 Å². The highest BCUT2D eigenvalue weighted by Gasteiger charge is 2.10. The van der Waals surface area contributed by atoms with E-state index in [2.05, 4.69) is 5.32 Å². The van der Waals surface area contributed by atoms with Crippen molar-refractivity contribution in [3.8, 4) is 0 Å². The lowest BCUT2D eigenvalue weighted by molar-refractivity contribution is 0.0698. The number of anilines is 1. The number of hydrogen-bond acceptors (Lipinski definition) is 2. The number of carboxylic acids is 1. The molecule has 0 aliphatic rings. The van der Waals surface area contributed by atoms with Crippen LogP contribution < -0.4 is 5.32 Å². The predicted octanol–water partition coefficient (Wildman–Crippen LogP) is 3.83. The van der Waals surface area contributed by atoms with Crippen LogP contribution in [-0.2, 0) is 6.42 Å². The lowest BCUT2D eigenvalue weighted by Crippen LogP contribution is -2.09. The van der Waals surface area contributed by atoms with Crippen molar-refractivity contribution in [2.24, 2.45) is 0 Å². The molecule has 0 spiro atoms. The summed E-state index contributed by atoms with van der Waals surface area (Å²) < 4.78 is 12.8. The van der Waals surface area contributed by atoms with E-state index in [9.17, 15) is 9.18 Å². The number of nitrogens with one attached hydrogen (secondary N) is 1. The molecule has 2 aromatic carbocycles. The second-order valence-corrected chi connectivity index (χ2v) is 4.73. The summed E-state index contributed by atoms with van der Waals surface area (Å²) in [6, 6.07) is 10.9. The summed E-state index contributed by atoms with van der Waals surface area (Å²) >= 11 is 5.78. The summed E-state index contributed by atoms with van der Waals surface area (Å²) in [4.78, 5) is 11.1. The third-order valence-electron chi connectivity index (χ3n) is 2.85. The Balaban J connectivity index is 2.00. The predicted molar refractivity (Wildman–Crippen MR) is 77.0 cm³/mol. The molecule has 0 saturated carbocycles. The fourth-order valence-corrected chi connectivity index (χ4v) is 2.01. The van der Waals surface area contributed by atoms with Crippen molar-refractivity contribution in [2.45, 2.75) is 6.42 Å². The Morgan fingerprint density at radius 1 is 1.20 bits per heavy atom. The number of carboxylic acid groups (broad SMARTS) is 1. The molecule has 0 heterocycles. The summed E-state index contributed by atoms with van der Waals surface area (Å²) in [5, 5.41) is 12.5. The van der Waals surface area contributed by atoms with Crippen LogP contribution in [-0.4, -0.2) is 17.6 Å². The van der Waals surface area contributed by atoms with Crippen molar-refractivity contribution in [2.75, 3.05) is 11.9 Å². The number of rotatable bonds is 5. The van der Waals surface area contributed by atoms with Gasteiger partial charge in [-0.2, -0.15) is 0 Å². The second kappa shape index (κ2) is 6.39. The van der Waals surface area contributed by atoms with Crippen LogP contribution in [0.1, 0.15) is 15.9 Å². The summed E-state index contributed by atoms with van der Waals surface area (Å²) in [7, 11) is 0. The molecule has 0 atom stereocenters. The maximum absolute atomic E-state index is 12.8. The van der Waals surface area contributed by atoms with Crippen LogP contribution >= 0.6 is 11.6 Å². The molecule has 0 amide bonds. The first kappa shape index (κ1) is 14.3. The first-order valence-corrected chi connectivity index (χ1v) is 6.45. The minimum absolute atomic E-state index is 0.136. The van der Waals surface area contributed by atoms with Crippen molar-refractivity contribution in [3.05, 3.63) is 64.4 Å². The van der Waals surface area contributed by atoms with Gasteiger partial charge in [0.1, 0.15) is 5.82 Å². The van der Waals surface area contributed by atoms with Gasteiger partial charge >= 0.3 is 5.97 Å². The van der Waals surface area contributed by atoms with Gasteiger partial charge in [-0.05, 0) is 42.3 Å². The van der Waals surface area contributed by atoms with Crippen LogP contribution in [0.3, 0.4) is 0 Å². The number of hydrogen-bond donors (Lipinski definition) is 2. The molecule has 0 bridgehead atoms. The molecule has 0 aliphatic carbocycles. The van der Waals surface area contributed by atoms with Gasteiger partial charge in [-0.3, -0.25) is 0 Å². The molecule has 0 aromatic heterocycles. The molecule has 0 aliphatic heterocycles. The first-order valence-electron chi connectivity index (χ1n) is 6.07. The minimum atomic E-state index is -1.03. The zero-order chi connectivity index (χ0) is 14.5. The standard InChI is InChI=1S/C15H13ClFNO2/c16-11-3-6-14(13(9-11)15(19)20)18-8-7-10-1-4-12(17)5-2-10/h1-6,9,18H,7-8H2,(H,19,20). The highest BCUT2D eigenvalue weighted by atomic mass is 35.5. The summed E-state index contributed by atoms with van der Waals surface area (Å²) in [6.07, 6.45) is 0.669. The SMILES string of the molecule is O=C(O)c1cc(Cl)ccc1NCCc1ccc(F)cc1. The van der Waals surface area contributed by atoms with Crippen molar-refractivity contribution < 1.29 is 14.3 Å². The fourth-order valence-electron chi connectivity index (χ4n) is 1.84. The third kappa shape index (κ3) is 3.71. The Hall–Kier alpha value is -2.07. The molecular formula is C15H13ClFNO2. The van der Waals surface area contributed by atoms with E-state index in [1.54, 1.807) is 24.3 Å². The maximum Gasteiger partial charge on any atom is 0.337 e. The van der Waals surface area contributed by atoms with Gasteiger partial charge in [-0.15, -0.1) is 0 Å². The number of aromatic carboxylic acids is 1. The molecule has 0 fully saturated rings. The zero-order valence-electron chi connectivity index (χ0n) is 10.6. The molecule has 0 radical (unpaired) electrons. The molecule has 20 heavy (non-hydrogen) atoms. The van der Waals surface area contributed by atoms with Gasteiger partial charge in [-0.25, -0.2) is 9.18 Å². The Morgan fingerprint density at radius 2 is 1.90 bits per heavy atom. The third-order valence-corrected chi connectivity index (χ3v) is 3.09. The topological polar surface area (TPSA) is 49.3 Å². The second-order valence-electron chi connectivity index (χ2n) is 4.30. The van der Waals surface area contributed by atoms with Gasteiger partial charge in [0.2, 0.25) is 0 Å². The van der Waals surface area contributed by atoms with Crippen molar-refractivity contribution in [3.63, 3.8) is 0 Å². The van der Waals surface area contributed by atoms with E-state index >= 15 is 0 Å². The van der Waals surface area contributed by atoms with Gasteiger partial charge in [0.25, 0.3) is 0 Å². The quantitative estimate of drug-likeness (QED) is 0.881. The summed E-state index contributed by atoms with van der Waals surface area (Å²) in [5.41, 5.74) is 1.63. The highest BCUT2D eigenvalue weighted by Crippen LogP contribution is 2.20. The minimum Gasteiger partial charge on any atom is -0.478 e. The average Bonchev–Trinajstić information content (AvgIpc) is 2.42. The van der Waals surface area contributed by atoms with Crippen LogP contribution in [0.5, 0.6) is 0 Å². The normalized spacial score (nSPS) is 10.3. The van der Waals surface area contributed by atoms with Gasteiger partial charge in [-0.1, -0.05) is 23.7 Å². The first-order chi connectivity index (χ1) is 9.56. The number of carbonyl (C=O) groups is 1. The average molecular weight is 294 g/mol. The lowest BCUT2D eigenvalue weighted by Gasteiger charge is -2.10. The van der Waals surface area contributed by atoms with Gasteiger partial charge in [0.15, 0.2) is 0 Å². The molecule has 104 valence electrons. The van der Waals surface area contributed by atoms with E-state index in [1.165, 1.54) is 18.2 Å². The molecule has 2 rings (SSSR count). The van der Waals surface area contributed by atoms with Gasteiger partial charge in [0.05, 0.1) is 5.56 Å². The van der Waals surface area contributed by atoms with E-state index < -0.39 is 5.97 Å². The molecule has 2 aromatic rings. The molecule has 3 nitrogen and oxygen atoms in total. The smallest absolute Gasteiger partial charge is 0.337 e. The van der Waals surface area contributed by atoms with Gasteiger partial charge in [0, 0.05) is 17.3 Å². The summed E-state index contributed by atoms with van der Waals surface area (Å²) in [6.45, 7) is 0.549. The highest BCUT2D eigenvalue weighted by molar-refractivity contribution is 6.31. The maximum atomic E-state index is 12.8. The Kier molecular flexibility index (Phi) is 4.58. The number of halogens is 2. The van der Waals surface area contributed by atoms with Crippen LogP contribution in [0.4, 0.5) is 10.1 Å². The van der Waals surface area contributed by atoms with Crippen LogP contribution in [0.15, 0.2) is 42.5 Å². The van der Waals surface area contributed by atoms with Crippen molar-refractivity contribution >= 4 is 23.3 Å². The monoisotopic (exact) mass is 293 g/mol. The zero-order valence-corrected chi connectivity index (χ0v) is 11.3. The Bertz CT molecular complexity index is 614. The summed E-state index contributed by atoms with van der Waals surface area (Å²) in [5.74, 6) is -1.30. The van der Waals surface area contributed by atoms with Gasteiger partial charge < -0.3 is 10.4 Å². The Labute approximate surface area is 121 Å². The van der Waals surface area contributed by atoms with E-state index in [4.69, 9.17) is 16.7 Å². The fraction of sp³-hybridized carbons (Fsp3) is 0.133. The van der Waals surface area contributed by atoms with E-state index in [0.29, 0.717) is 23.7 Å². The van der Waals surface area contributed by atoms with E-state index in [1.807, 2.05) is 0 Å². The van der Waals surface area contributed by atoms with E-state index in [0.717, 1.165) is 5.56 Å². The molecular weight excluding hydrogens is 281 g/mol. The van der Waals surface area contributed by atoms with Crippen LogP contribution in [0, 0.1) is 5.82 Å². The van der Waals surface area contributed by atoms with Crippen LogP contribution in [0.2, 0.25) is 5.02 Å². The van der Waals surface area contributed by atoms with E-state index in [-0.39, 0.29) is 11.4 Å². The lowest BCUT2D eigenvalue weighted by atomic mass is 10.1. The van der Waals surface area contributed by atoms with Crippen molar-refractivity contribution in [1.29, 1.82) is 0 Å². The molecule has 0 unspecified atom stereocenters. The molecule has 0 saturated heterocycles. The largest absolute Gasteiger partial charge is 0.478 e. The molecule has 5 heteroatoms.